The average Bonchev–Trinajstić information content (AvgIpc) is 3.15. The second-order valence-electron chi connectivity index (χ2n) is 9.69. The van der Waals surface area contributed by atoms with Crippen LogP contribution in [0.25, 0.3) is 0 Å². The molecule has 0 radical (unpaired) electrons. The second kappa shape index (κ2) is 9.23. The number of aryl methyl sites for hydroxylation is 1. The van der Waals surface area contributed by atoms with Crippen molar-refractivity contribution in [2.75, 3.05) is 13.1 Å². The lowest BCUT2D eigenvalue weighted by atomic mass is 9.85. The van der Waals surface area contributed by atoms with Crippen LogP contribution in [-0.4, -0.2) is 46.7 Å². The Morgan fingerprint density at radius 1 is 1.14 bits per heavy atom. The van der Waals surface area contributed by atoms with Crippen LogP contribution in [0.5, 0.6) is 0 Å². The van der Waals surface area contributed by atoms with E-state index in [2.05, 4.69) is 16.3 Å². The molecule has 2 aromatic carbocycles. The van der Waals surface area contributed by atoms with Gasteiger partial charge in [0.15, 0.2) is 0 Å². The number of nitriles is 1. The summed E-state index contributed by atoms with van der Waals surface area (Å²) in [5, 5.41) is 11.8. The number of nitrogens with one attached hydrogen (secondary N) is 1. The topological polar surface area (TPSA) is 93.5 Å². The maximum Gasteiger partial charge on any atom is 0.255 e. The molecule has 3 aliphatic rings. The molecule has 180 valence electrons. The molecule has 3 heterocycles. The van der Waals surface area contributed by atoms with Crippen LogP contribution in [-0.2, 0) is 22.7 Å². The molecule has 3 amide bonds. The van der Waals surface area contributed by atoms with E-state index in [1.165, 1.54) is 17.0 Å². The highest BCUT2D eigenvalue weighted by atomic mass is 19.1. The first-order valence-electron chi connectivity index (χ1n) is 12.0. The fourth-order valence-electron chi connectivity index (χ4n) is 5.68. The molecule has 2 saturated heterocycles. The number of benzene rings is 2. The van der Waals surface area contributed by atoms with Gasteiger partial charge in [0.2, 0.25) is 11.8 Å². The Hall–Kier alpha value is -3.57. The highest BCUT2D eigenvalue weighted by molar-refractivity contribution is 6.05. The summed E-state index contributed by atoms with van der Waals surface area (Å²) in [7, 11) is 0. The fourth-order valence-corrected chi connectivity index (χ4v) is 5.68. The molecule has 7 nitrogen and oxygen atoms in total. The number of carbonyl (C=O) groups excluding carboxylic acids is 3. The fraction of sp³-hybridized carbons (Fsp3) is 0.407. The molecule has 1 N–H and O–H groups in total. The molecule has 0 bridgehead atoms. The van der Waals surface area contributed by atoms with Crippen molar-refractivity contribution in [1.29, 1.82) is 5.26 Å². The summed E-state index contributed by atoms with van der Waals surface area (Å²) >= 11 is 0. The van der Waals surface area contributed by atoms with Crippen LogP contribution in [0.15, 0.2) is 30.3 Å². The number of imide groups is 1. The standard InChI is InChI=1S/C27H27FN4O3/c1-16-3-2-4-18(22(16)13-29)14-31-9-7-17(8-10-31)20-11-19(28)12-21-23(20)15-32(27(21)35)24-5-6-25(33)30-26(24)34/h2-4,11-12,17,24H,5-10,14-15H2,1H3,(H,30,33,34). The number of nitrogens with zero attached hydrogens (tertiary/aromatic N) is 3. The number of likely N-dealkylation sites (tertiary alicyclic amines) is 1. The van der Waals surface area contributed by atoms with Crippen molar-refractivity contribution in [1.82, 2.24) is 15.1 Å². The van der Waals surface area contributed by atoms with E-state index in [0.29, 0.717) is 12.1 Å². The summed E-state index contributed by atoms with van der Waals surface area (Å²) in [6.45, 7) is 4.50. The number of hydrogen-bond donors (Lipinski definition) is 1. The maximum atomic E-state index is 14.6. The summed E-state index contributed by atoms with van der Waals surface area (Å²) in [6, 6.07) is 10.3. The zero-order valence-electron chi connectivity index (χ0n) is 19.6. The van der Waals surface area contributed by atoms with Crippen LogP contribution in [0, 0.1) is 24.1 Å². The van der Waals surface area contributed by atoms with Gasteiger partial charge in [0.25, 0.3) is 5.91 Å². The minimum absolute atomic E-state index is 0.109. The number of rotatable bonds is 4. The Morgan fingerprint density at radius 2 is 1.91 bits per heavy atom. The molecule has 2 fully saturated rings. The third-order valence-electron chi connectivity index (χ3n) is 7.55. The molecule has 2 aromatic rings. The smallest absolute Gasteiger partial charge is 0.255 e. The highest BCUT2D eigenvalue weighted by Crippen LogP contribution is 2.38. The van der Waals surface area contributed by atoms with Gasteiger partial charge in [-0.3, -0.25) is 24.6 Å². The Labute approximate surface area is 203 Å². The van der Waals surface area contributed by atoms with E-state index in [-0.39, 0.29) is 37.1 Å². The van der Waals surface area contributed by atoms with Crippen molar-refractivity contribution < 1.29 is 18.8 Å². The summed E-state index contributed by atoms with van der Waals surface area (Å²) in [5.74, 6) is -1.49. The first-order chi connectivity index (χ1) is 16.9. The van der Waals surface area contributed by atoms with Gasteiger partial charge in [-0.05, 0) is 79.6 Å². The third kappa shape index (κ3) is 4.32. The molecule has 5 rings (SSSR count). The van der Waals surface area contributed by atoms with Crippen molar-refractivity contribution >= 4 is 17.7 Å². The van der Waals surface area contributed by atoms with Crippen LogP contribution in [0.4, 0.5) is 4.39 Å². The summed E-state index contributed by atoms with van der Waals surface area (Å²) in [6.07, 6.45) is 2.10. The van der Waals surface area contributed by atoms with Crippen molar-refractivity contribution in [3.05, 3.63) is 69.5 Å². The third-order valence-corrected chi connectivity index (χ3v) is 7.55. The van der Waals surface area contributed by atoms with E-state index >= 15 is 0 Å². The lowest BCUT2D eigenvalue weighted by molar-refractivity contribution is -0.136. The number of fused-ring (bicyclic) bond motifs is 1. The molecular weight excluding hydrogens is 447 g/mol. The Kier molecular flexibility index (Phi) is 6.12. The number of amides is 3. The summed E-state index contributed by atoms with van der Waals surface area (Å²) in [5.41, 5.74) is 4.68. The van der Waals surface area contributed by atoms with Crippen molar-refractivity contribution in [3.63, 3.8) is 0 Å². The molecule has 0 aromatic heterocycles. The predicted molar refractivity (Wildman–Crippen MR) is 126 cm³/mol. The molecule has 0 aliphatic carbocycles. The normalized spacial score (nSPS) is 21.1. The number of hydrogen-bond acceptors (Lipinski definition) is 5. The monoisotopic (exact) mass is 474 g/mol. The Balaban J connectivity index is 1.32. The van der Waals surface area contributed by atoms with Crippen LogP contribution in [0.1, 0.15) is 69.8 Å². The van der Waals surface area contributed by atoms with Gasteiger partial charge in [0, 0.05) is 25.1 Å². The van der Waals surface area contributed by atoms with E-state index in [0.717, 1.165) is 53.7 Å². The molecule has 35 heavy (non-hydrogen) atoms. The second-order valence-corrected chi connectivity index (χ2v) is 9.69. The van der Waals surface area contributed by atoms with E-state index < -0.39 is 17.8 Å². The van der Waals surface area contributed by atoms with Crippen LogP contribution < -0.4 is 5.32 Å². The predicted octanol–water partition coefficient (Wildman–Crippen LogP) is 3.15. The molecule has 0 saturated carbocycles. The van der Waals surface area contributed by atoms with Gasteiger partial charge < -0.3 is 4.90 Å². The number of halogens is 1. The molecule has 1 unspecified atom stereocenters. The van der Waals surface area contributed by atoms with Crippen LogP contribution in [0.3, 0.4) is 0 Å². The van der Waals surface area contributed by atoms with Crippen molar-refractivity contribution in [2.24, 2.45) is 0 Å². The zero-order valence-corrected chi connectivity index (χ0v) is 19.6. The molecule has 1 atom stereocenters. The van der Waals surface area contributed by atoms with E-state index in [1.807, 2.05) is 25.1 Å². The van der Waals surface area contributed by atoms with Crippen LogP contribution in [0.2, 0.25) is 0 Å². The first kappa shape index (κ1) is 23.2. The lowest BCUT2D eigenvalue weighted by Gasteiger charge is -2.33. The highest BCUT2D eigenvalue weighted by Gasteiger charge is 2.41. The minimum Gasteiger partial charge on any atom is -0.322 e. The van der Waals surface area contributed by atoms with Gasteiger partial charge in [-0.25, -0.2) is 4.39 Å². The van der Waals surface area contributed by atoms with Gasteiger partial charge in [-0.1, -0.05) is 18.2 Å². The molecule has 3 aliphatic heterocycles. The SMILES string of the molecule is Cc1cccc(CN2CCC(c3cc(F)cc4c3CN(C3CCC(=O)NC3=O)C4=O)CC2)c1C#N. The van der Waals surface area contributed by atoms with E-state index in [4.69, 9.17) is 0 Å². The van der Waals surface area contributed by atoms with E-state index in [9.17, 15) is 24.0 Å². The lowest BCUT2D eigenvalue weighted by Crippen LogP contribution is -2.52. The van der Waals surface area contributed by atoms with Gasteiger partial charge in [0.05, 0.1) is 11.6 Å². The van der Waals surface area contributed by atoms with Gasteiger partial charge in [0.1, 0.15) is 11.9 Å². The largest absolute Gasteiger partial charge is 0.322 e. The first-order valence-corrected chi connectivity index (χ1v) is 12.0. The molecule has 0 spiro atoms. The average molecular weight is 475 g/mol. The number of carbonyl (C=O) groups is 3. The molecular formula is C27H27FN4O3. The minimum atomic E-state index is -0.714. The Bertz CT molecular complexity index is 1260. The van der Waals surface area contributed by atoms with Crippen molar-refractivity contribution in [3.8, 4) is 6.07 Å². The number of piperidine rings is 2. The van der Waals surface area contributed by atoms with Gasteiger partial charge >= 0.3 is 0 Å². The van der Waals surface area contributed by atoms with Gasteiger partial charge in [-0.15, -0.1) is 0 Å². The van der Waals surface area contributed by atoms with E-state index in [1.54, 1.807) is 0 Å². The summed E-state index contributed by atoms with van der Waals surface area (Å²) in [4.78, 5) is 40.8. The van der Waals surface area contributed by atoms with Gasteiger partial charge in [-0.2, -0.15) is 5.26 Å². The Morgan fingerprint density at radius 3 is 2.63 bits per heavy atom. The molecule has 8 heteroatoms. The maximum absolute atomic E-state index is 14.6. The van der Waals surface area contributed by atoms with Crippen LogP contribution >= 0.6 is 0 Å². The zero-order chi connectivity index (χ0) is 24.7. The quantitative estimate of drug-likeness (QED) is 0.688. The summed E-state index contributed by atoms with van der Waals surface area (Å²) < 4.78 is 14.6. The van der Waals surface area contributed by atoms with Crippen molar-refractivity contribution in [2.45, 2.75) is 57.7 Å².